The molecule has 0 bridgehead atoms. The van der Waals surface area contributed by atoms with E-state index in [1.807, 2.05) is 36.4 Å². The highest BCUT2D eigenvalue weighted by Crippen LogP contribution is 2.14. The van der Waals surface area contributed by atoms with Crippen molar-refractivity contribution in [3.8, 4) is 6.07 Å². The maximum atomic E-state index is 12.5. The van der Waals surface area contributed by atoms with E-state index >= 15 is 0 Å². The minimum atomic E-state index is -3.74. The predicted octanol–water partition coefficient (Wildman–Crippen LogP) is 2.15. The summed E-state index contributed by atoms with van der Waals surface area (Å²) in [6.45, 7) is 2.25. The Morgan fingerprint density at radius 3 is 2.52 bits per heavy atom. The van der Waals surface area contributed by atoms with E-state index < -0.39 is 10.0 Å². The first-order chi connectivity index (χ1) is 12.0. The lowest BCUT2D eigenvalue weighted by Crippen LogP contribution is -2.31. The Hall–Kier alpha value is -2.69. The van der Waals surface area contributed by atoms with Gasteiger partial charge in [-0.2, -0.15) is 5.26 Å². The molecule has 0 aliphatic carbocycles. The second-order valence-corrected chi connectivity index (χ2v) is 7.08. The molecule has 1 N–H and O–H groups in total. The SMILES string of the molecule is CCN(CC#N)C(=O)c1cccc(S(=O)(=O)NCc2ccccc2)c1. The summed E-state index contributed by atoms with van der Waals surface area (Å²) in [4.78, 5) is 13.8. The van der Waals surface area contributed by atoms with Gasteiger partial charge >= 0.3 is 0 Å². The number of nitriles is 1. The Labute approximate surface area is 147 Å². The Bertz CT molecular complexity index is 874. The fourth-order valence-electron chi connectivity index (χ4n) is 2.25. The lowest BCUT2D eigenvalue weighted by molar-refractivity contribution is 0.0784. The van der Waals surface area contributed by atoms with Gasteiger partial charge in [-0.1, -0.05) is 36.4 Å². The van der Waals surface area contributed by atoms with Gasteiger partial charge in [-0.3, -0.25) is 4.79 Å². The maximum absolute atomic E-state index is 12.5. The van der Waals surface area contributed by atoms with Gasteiger partial charge in [0.2, 0.25) is 10.0 Å². The van der Waals surface area contributed by atoms with Crippen molar-refractivity contribution >= 4 is 15.9 Å². The second-order valence-electron chi connectivity index (χ2n) is 5.32. The van der Waals surface area contributed by atoms with Crippen LogP contribution >= 0.6 is 0 Å². The summed E-state index contributed by atoms with van der Waals surface area (Å²) in [5.74, 6) is -0.371. The number of amides is 1. The molecule has 2 aromatic rings. The van der Waals surface area contributed by atoms with Crippen molar-refractivity contribution in [2.24, 2.45) is 0 Å². The first-order valence-corrected chi connectivity index (χ1v) is 9.26. The van der Waals surface area contributed by atoms with Crippen molar-refractivity contribution in [1.29, 1.82) is 5.26 Å². The smallest absolute Gasteiger partial charge is 0.254 e. The molecule has 1 amide bonds. The van der Waals surface area contributed by atoms with Gasteiger partial charge in [-0.25, -0.2) is 13.1 Å². The first kappa shape index (κ1) is 18.6. The fraction of sp³-hybridized carbons (Fsp3) is 0.222. The van der Waals surface area contributed by atoms with E-state index in [4.69, 9.17) is 5.26 Å². The van der Waals surface area contributed by atoms with Gasteiger partial charge in [0.05, 0.1) is 11.0 Å². The monoisotopic (exact) mass is 357 g/mol. The molecule has 130 valence electrons. The third-order valence-electron chi connectivity index (χ3n) is 3.63. The van der Waals surface area contributed by atoms with E-state index in [0.29, 0.717) is 6.54 Å². The van der Waals surface area contributed by atoms with Gasteiger partial charge in [0.15, 0.2) is 0 Å². The number of hydrogen-bond acceptors (Lipinski definition) is 4. The summed E-state index contributed by atoms with van der Waals surface area (Å²) < 4.78 is 27.4. The van der Waals surface area contributed by atoms with Crippen LogP contribution in [0.5, 0.6) is 0 Å². The van der Waals surface area contributed by atoms with Crippen molar-refractivity contribution in [3.63, 3.8) is 0 Å². The molecule has 25 heavy (non-hydrogen) atoms. The zero-order valence-corrected chi connectivity index (χ0v) is 14.7. The molecule has 6 nitrogen and oxygen atoms in total. The van der Waals surface area contributed by atoms with Crippen LogP contribution in [-0.2, 0) is 16.6 Å². The van der Waals surface area contributed by atoms with Crippen LogP contribution in [0.1, 0.15) is 22.8 Å². The quantitative estimate of drug-likeness (QED) is 0.769. The minimum Gasteiger partial charge on any atom is -0.326 e. The van der Waals surface area contributed by atoms with Crippen LogP contribution in [0.15, 0.2) is 59.5 Å². The molecule has 0 saturated carbocycles. The molecule has 0 spiro atoms. The van der Waals surface area contributed by atoms with Gasteiger partial charge in [-0.05, 0) is 30.7 Å². The number of sulfonamides is 1. The Morgan fingerprint density at radius 2 is 1.88 bits per heavy atom. The number of nitrogens with one attached hydrogen (secondary N) is 1. The van der Waals surface area contributed by atoms with Crippen molar-refractivity contribution < 1.29 is 13.2 Å². The number of hydrogen-bond donors (Lipinski definition) is 1. The van der Waals surface area contributed by atoms with Crippen molar-refractivity contribution in [3.05, 3.63) is 65.7 Å². The average molecular weight is 357 g/mol. The van der Waals surface area contributed by atoms with Crippen LogP contribution in [-0.4, -0.2) is 32.3 Å². The van der Waals surface area contributed by atoms with Crippen LogP contribution in [0.25, 0.3) is 0 Å². The van der Waals surface area contributed by atoms with Gasteiger partial charge < -0.3 is 4.90 Å². The van der Waals surface area contributed by atoms with Gasteiger partial charge in [0.1, 0.15) is 6.54 Å². The molecular weight excluding hydrogens is 338 g/mol. The molecule has 0 aliphatic rings. The van der Waals surface area contributed by atoms with Crippen LogP contribution in [0.3, 0.4) is 0 Å². The van der Waals surface area contributed by atoms with E-state index in [1.54, 1.807) is 13.0 Å². The predicted molar refractivity (Wildman–Crippen MR) is 94.1 cm³/mol. The lowest BCUT2D eigenvalue weighted by Gasteiger charge is -2.17. The summed E-state index contributed by atoms with van der Waals surface area (Å²) in [5.41, 5.74) is 1.07. The number of carbonyl (C=O) groups excluding carboxylic acids is 1. The largest absolute Gasteiger partial charge is 0.326 e. The molecular formula is C18H19N3O3S. The van der Waals surface area contributed by atoms with E-state index in [2.05, 4.69) is 4.72 Å². The van der Waals surface area contributed by atoms with Gasteiger partial charge in [0.25, 0.3) is 5.91 Å². The van der Waals surface area contributed by atoms with E-state index in [-0.39, 0.29) is 29.5 Å². The van der Waals surface area contributed by atoms with Crippen molar-refractivity contribution in [2.45, 2.75) is 18.4 Å². The van der Waals surface area contributed by atoms with E-state index in [9.17, 15) is 13.2 Å². The molecule has 2 rings (SSSR count). The van der Waals surface area contributed by atoms with Crippen molar-refractivity contribution in [1.82, 2.24) is 9.62 Å². The van der Waals surface area contributed by atoms with Crippen LogP contribution < -0.4 is 4.72 Å². The Balaban J connectivity index is 2.19. The number of carbonyl (C=O) groups is 1. The zero-order chi connectivity index (χ0) is 18.3. The molecule has 0 saturated heterocycles. The molecule has 0 atom stereocenters. The molecule has 0 heterocycles. The molecule has 7 heteroatoms. The van der Waals surface area contributed by atoms with E-state index in [1.165, 1.54) is 23.1 Å². The van der Waals surface area contributed by atoms with Crippen LogP contribution in [0.4, 0.5) is 0 Å². The zero-order valence-electron chi connectivity index (χ0n) is 13.8. The second kappa shape index (κ2) is 8.42. The summed E-state index contributed by atoms with van der Waals surface area (Å²) >= 11 is 0. The lowest BCUT2D eigenvalue weighted by atomic mass is 10.2. The van der Waals surface area contributed by atoms with Gasteiger partial charge in [-0.15, -0.1) is 0 Å². The normalized spacial score (nSPS) is 10.9. The minimum absolute atomic E-state index is 0.0160. The highest BCUT2D eigenvalue weighted by molar-refractivity contribution is 7.89. The Kier molecular flexibility index (Phi) is 6.28. The highest BCUT2D eigenvalue weighted by atomic mass is 32.2. The van der Waals surface area contributed by atoms with Crippen molar-refractivity contribution in [2.75, 3.05) is 13.1 Å². The first-order valence-electron chi connectivity index (χ1n) is 7.78. The average Bonchev–Trinajstić information content (AvgIpc) is 2.65. The molecule has 0 unspecified atom stereocenters. The summed E-state index contributed by atoms with van der Waals surface area (Å²) in [5, 5.41) is 8.78. The summed E-state index contributed by atoms with van der Waals surface area (Å²) in [7, 11) is -3.74. The Morgan fingerprint density at radius 1 is 1.16 bits per heavy atom. The third kappa shape index (κ3) is 4.89. The topological polar surface area (TPSA) is 90.3 Å². The maximum Gasteiger partial charge on any atom is 0.254 e. The van der Waals surface area contributed by atoms with Crippen LogP contribution in [0.2, 0.25) is 0 Å². The van der Waals surface area contributed by atoms with Gasteiger partial charge in [0, 0.05) is 18.7 Å². The van der Waals surface area contributed by atoms with E-state index in [0.717, 1.165) is 5.56 Å². The summed E-state index contributed by atoms with van der Waals surface area (Å²) in [6.07, 6.45) is 0. The molecule has 0 fully saturated rings. The third-order valence-corrected chi connectivity index (χ3v) is 5.03. The molecule has 0 aliphatic heterocycles. The standard InChI is InChI=1S/C18H19N3O3S/c1-2-21(12-11-19)18(22)16-9-6-10-17(13-16)25(23,24)20-14-15-7-4-3-5-8-15/h3-10,13,20H,2,12,14H2,1H3. The molecule has 0 aromatic heterocycles. The number of rotatable bonds is 7. The highest BCUT2D eigenvalue weighted by Gasteiger charge is 2.18. The number of benzene rings is 2. The molecule has 2 aromatic carbocycles. The number of nitrogens with zero attached hydrogens (tertiary/aromatic N) is 2. The summed E-state index contributed by atoms with van der Waals surface area (Å²) in [6, 6.07) is 16.9. The van der Waals surface area contributed by atoms with Crippen LogP contribution in [0, 0.1) is 11.3 Å². The fourth-order valence-corrected chi connectivity index (χ4v) is 3.31. The molecule has 0 radical (unpaired) electrons.